The number of nitrogens with zero attached hydrogens (tertiary/aromatic N) is 1. The molecular formula is C10H7BrFN. The zero-order chi connectivity index (χ0) is 9.26. The molecule has 0 aliphatic carbocycles. The van der Waals surface area contributed by atoms with Gasteiger partial charge >= 0.3 is 0 Å². The van der Waals surface area contributed by atoms with Gasteiger partial charge in [-0.05, 0) is 18.2 Å². The van der Waals surface area contributed by atoms with Gasteiger partial charge in [-0.3, -0.25) is 4.98 Å². The van der Waals surface area contributed by atoms with Crippen molar-refractivity contribution in [1.29, 1.82) is 0 Å². The van der Waals surface area contributed by atoms with Crippen molar-refractivity contribution in [3.63, 3.8) is 0 Å². The first-order valence-electron chi connectivity index (χ1n) is 3.91. The van der Waals surface area contributed by atoms with Crippen molar-refractivity contribution < 1.29 is 4.39 Å². The highest BCUT2D eigenvalue weighted by Gasteiger charge is 1.98. The van der Waals surface area contributed by atoms with Crippen molar-refractivity contribution in [2.45, 2.75) is 5.33 Å². The number of alkyl halides is 1. The Morgan fingerprint density at radius 2 is 2.00 bits per heavy atom. The van der Waals surface area contributed by atoms with E-state index in [-0.39, 0.29) is 5.82 Å². The summed E-state index contributed by atoms with van der Waals surface area (Å²) in [6.07, 6.45) is 0. The summed E-state index contributed by atoms with van der Waals surface area (Å²) in [5.74, 6) is -0.244. The highest BCUT2D eigenvalue weighted by Crippen LogP contribution is 2.14. The van der Waals surface area contributed by atoms with Crippen LogP contribution < -0.4 is 0 Å². The van der Waals surface area contributed by atoms with Crippen molar-refractivity contribution in [3.05, 3.63) is 41.8 Å². The van der Waals surface area contributed by atoms with E-state index in [1.807, 2.05) is 12.1 Å². The van der Waals surface area contributed by atoms with Gasteiger partial charge in [0, 0.05) is 16.8 Å². The van der Waals surface area contributed by atoms with Crippen LogP contribution in [0, 0.1) is 5.82 Å². The lowest BCUT2D eigenvalue weighted by Gasteiger charge is -1.99. The third-order valence-corrected chi connectivity index (χ3v) is 2.42. The smallest absolute Gasteiger partial charge is 0.125 e. The zero-order valence-corrected chi connectivity index (χ0v) is 8.38. The quantitative estimate of drug-likeness (QED) is 0.697. The zero-order valence-electron chi connectivity index (χ0n) is 6.80. The van der Waals surface area contributed by atoms with Crippen LogP contribution in [0.15, 0.2) is 30.3 Å². The molecule has 1 aromatic heterocycles. The van der Waals surface area contributed by atoms with Crippen LogP contribution >= 0.6 is 15.9 Å². The van der Waals surface area contributed by atoms with Crippen LogP contribution in [0.5, 0.6) is 0 Å². The van der Waals surface area contributed by atoms with Crippen LogP contribution in [0.3, 0.4) is 0 Å². The predicted octanol–water partition coefficient (Wildman–Crippen LogP) is 3.27. The topological polar surface area (TPSA) is 12.9 Å². The highest BCUT2D eigenvalue weighted by molar-refractivity contribution is 9.08. The molecule has 0 bridgehead atoms. The van der Waals surface area contributed by atoms with Gasteiger partial charge in [-0.25, -0.2) is 4.39 Å². The molecule has 0 fully saturated rings. The summed E-state index contributed by atoms with van der Waals surface area (Å²) in [5, 5.41) is 1.66. The van der Waals surface area contributed by atoms with Gasteiger partial charge in [0.2, 0.25) is 0 Å². The third-order valence-electron chi connectivity index (χ3n) is 1.85. The van der Waals surface area contributed by atoms with Crippen molar-refractivity contribution in [2.24, 2.45) is 0 Å². The van der Waals surface area contributed by atoms with Gasteiger partial charge in [0.15, 0.2) is 0 Å². The average Bonchev–Trinajstić information content (AvgIpc) is 2.16. The summed E-state index contributed by atoms with van der Waals surface area (Å²) in [6, 6.07) is 8.49. The molecule has 66 valence electrons. The van der Waals surface area contributed by atoms with Gasteiger partial charge in [-0.1, -0.05) is 22.0 Å². The van der Waals surface area contributed by atoms with Crippen LogP contribution in [-0.2, 0) is 5.33 Å². The molecule has 2 rings (SSSR count). The maximum absolute atomic E-state index is 12.8. The van der Waals surface area contributed by atoms with Crippen molar-refractivity contribution in [2.75, 3.05) is 0 Å². The largest absolute Gasteiger partial charge is 0.252 e. The lowest BCUT2D eigenvalue weighted by atomic mass is 10.2. The minimum Gasteiger partial charge on any atom is -0.252 e. The minimum absolute atomic E-state index is 0.244. The van der Waals surface area contributed by atoms with E-state index in [1.165, 1.54) is 12.1 Å². The fraction of sp³-hybridized carbons (Fsp3) is 0.100. The number of halogens is 2. The Labute approximate surface area is 83.7 Å². The Hall–Kier alpha value is -0.960. The monoisotopic (exact) mass is 239 g/mol. The molecule has 1 aromatic carbocycles. The molecule has 0 aliphatic rings. The van der Waals surface area contributed by atoms with Crippen LogP contribution in [0.4, 0.5) is 4.39 Å². The van der Waals surface area contributed by atoms with Gasteiger partial charge in [-0.15, -0.1) is 0 Å². The normalized spacial score (nSPS) is 10.6. The van der Waals surface area contributed by atoms with Crippen LogP contribution in [-0.4, -0.2) is 4.98 Å². The van der Waals surface area contributed by atoms with Crippen LogP contribution in [0.25, 0.3) is 10.9 Å². The fourth-order valence-electron chi connectivity index (χ4n) is 1.21. The van der Waals surface area contributed by atoms with E-state index >= 15 is 0 Å². The number of rotatable bonds is 1. The lowest BCUT2D eigenvalue weighted by Crippen LogP contribution is -1.86. The summed E-state index contributed by atoms with van der Waals surface area (Å²) >= 11 is 3.31. The molecule has 0 saturated heterocycles. The minimum atomic E-state index is -0.244. The molecule has 0 radical (unpaired) electrons. The fourth-order valence-corrected chi connectivity index (χ4v) is 1.52. The number of hydrogen-bond donors (Lipinski definition) is 0. The number of aromatic nitrogens is 1. The summed E-state index contributed by atoms with van der Waals surface area (Å²) in [4.78, 5) is 4.27. The molecule has 0 atom stereocenters. The van der Waals surface area contributed by atoms with E-state index in [1.54, 1.807) is 6.07 Å². The van der Waals surface area contributed by atoms with E-state index in [9.17, 15) is 4.39 Å². The highest BCUT2D eigenvalue weighted by atomic mass is 79.9. The standard InChI is InChI=1S/C10H7BrFN/c11-6-9-4-2-7-1-3-8(12)5-10(7)13-9/h1-5H,6H2. The van der Waals surface area contributed by atoms with E-state index in [4.69, 9.17) is 0 Å². The molecule has 13 heavy (non-hydrogen) atoms. The number of pyridine rings is 1. The molecule has 3 heteroatoms. The molecule has 0 amide bonds. The Morgan fingerprint density at radius 3 is 2.77 bits per heavy atom. The number of hydrogen-bond acceptors (Lipinski definition) is 1. The van der Waals surface area contributed by atoms with Crippen molar-refractivity contribution in [1.82, 2.24) is 4.98 Å². The van der Waals surface area contributed by atoms with Crippen LogP contribution in [0.1, 0.15) is 5.69 Å². The van der Waals surface area contributed by atoms with Crippen LogP contribution in [0.2, 0.25) is 0 Å². The molecular weight excluding hydrogens is 233 g/mol. The van der Waals surface area contributed by atoms with E-state index in [0.717, 1.165) is 11.1 Å². The summed E-state index contributed by atoms with van der Waals surface area (Å²) < 4.78 is 12.8. The molecule has 1 nitrogen and oxygen atoms in total. The summed E-state index contributed by atoms with van der Waals surface area (Å²) in [6.45, 7) is 0. The molecule has 0 N–H and O–H groups in total. The first kappa shape index (κ1) is 8.63. The Balaban J connectivity index is 2.68. The first-order valence-corrected chi connectivity index (χ1v) is 5.03. The maximum Gasteiger partial charge on any atom is 0.125 e. The van der Waals surface area contributed by atoms with Crippen molar-refractivity contribution in [3.8, 4) is 0 Å². The summed E-state index contributed by atoms with van der Waals surface area (Å²) in [7, 11) is 0. The first-order chi connectivity index (χ1) is 6.29. The molecule has 1 heterocycles. The predicted molar refractivity (Wildman–Crippen MR) is 54.3 cm³/mol. The second-order valence-electron chi connectivity index (χ2n) is 2.77. The van der Waals surface area contributed by atoms with Gasteiger partial charge < -0.3 is 0 Å². The second kappa shape index (κ2) is 3.42. The second-order valence-corrected chi connectivity index (χ2v) is 3.33. The van der Waals surface area contributed by atoms with E-state index in [2.05, 4.69) is 20.9 Å². The van der Waals surface area contributed by atoms with E-state index in [0.29, 0.717) is 10.8 Å². The Morgan fingerprint density at radius 1 is 1.23 bits per heavy atom. The summed E-state index contributed by atoms with van der Waals surface area (Å²) in [5.41, 5.74) is 1.62. The average molecular weight is 240 g/mol. The molecule has 0 aliphatic heterocycles. The van der Waals surface area contributed by atoms with Crippen molar-refractivity contribution >= 4 is 26.8 Å². The van der Waals surface area contributed by atoms with E-state index < -0.39 is 0 Å². The number of benzene rings is 1. The number of fused-ring (bicyclic) bond motifs is 1. The maximum atomic E-state index is 12.8. The SMILES string of the molecule is Fc1ccc2ccc(CBr)nc2c1. The lowest BCUT2D eigenvalue weighted by molar-refractivity contribution is 0.629. The molecule has 0 saturated carbocycles. The van der Waals surface area contributed by atoms with Gasteiger partial charge in [0.1, 0.15) is 5.82 Å². The molecule has 0 unspecified atom stereocenters. The Kier molecular flexibility index (Phi) is 2.27. The molecule has 2 aromatic rings. The van der Waals surface area contributed by atoms with Gasteiger partial charge in [0.05, 0.1) is 11.2 Å². The molecule has 0 spiro atoms. The van der Waals surface area contributed by atoms with Gasteiger partial charge in [-0.2, -0.15) is 0 Å². The Bertz CT molecular complexity index is 442. The van der Waals surface area contributed by atoms with Gasteiger partial charge in [0.25, 0.3) is 0 Å². The third kappa shape index (κ3) is 1.70.